The molecular weight excluding hydrogens is 264 g/mol. The topological polar surface area (TPSA) is 48.9 Å². The summed E-state index contributed by atoms with van der Waals surface area (Å²) in [6, 6.07) is 0.944. The molecule has 5 nitrogen and oxygen atoms in total. The Bertz CT molecular complexity index is 296. The first-order valence-electron chi connectivity index (χ1n) is 8.54. The molecule has 0 aromatic heterocycles. The minimum atomic E-state index is 0.454. The fraction of sp³-hybridized carbons (Fsp3) is 0.938. The molecule has 1 heterocycles. The van der Waals surface area contributed by atoms with Gasteiger partial charge in [0.15, 0.2) is 5.96 Å². The zero-order valence-electron chi connectivity index (χ0n) is 14.3. The monoisotopic (exact) mass is 298 g/mol. The van der Waals surface area contributed by atoms with Gasteiger partial charge in [0, 0.05) is 31.7 Å². The number of nitrogens with zero attached hydrogens (tertiary/aromatic N) is 2. The van der Waals surface area contributed by atoms with Crippen LogP contribution >= 0.6 is 0 Å². The maximum Gasteiger partial charge on any atom is 0.191 e. The Hall–Kier alpha value is -0.810. The van der Waals surface area contributed by atoms with E-state index in [0.29, 0.717) is 12.1 Å². The number of hydrogen-bond acceptors (Lipinski definition) is 3. The van der Waals surface area contributed by atoms with Gasteiger partial charge in [-0.05, 0) is 27.2 Å². The standard InChI is InChI=1S/C16H34N4O/c1-5-7-8-9-18-16(17-6-2)19-12-14(3)20-10-11-21-13-15(20)4/h14-15H,5-13H2,1-4H3,(H2,17,18,19). The van der Waals surface area contributed by atoms with Gasteiger partial charge in [-0.2, -0.15) is 0 Å². The summed E-state index contributed by atoms with van der Waals surface area (Å²) in [6.07, 6.45) is 3.73. The zero-order valence-corrected chi connectivity index (χ0v) is 14.3. The molecule has 2 N–H and O–H groups in total. The Morgan fingerprint density at radius 2 is 2.14 bits per heavy atom. The van der Waals surface area contributed by atoms with Crippen LogP contribution in [0.5, 0.6) is 0 Å². The number of aliphatic imine (C=N–C) groups is 1. The van der Waals surface area contributed by atoms with Crippen LogP contribution in [-0.2, 0) is 4.74 Å². The van der Waals surface area contributed by atoms with Crippen LogP contribution < -0.4 is 10.6 Å². The minimum absolute atomic E-state index is 0.454. The van der Waals surface area contributed by atoms with Crippen LogP contribution in [0.3, 0.4) is 0 Å². The summed E-state index contributed by atoms with van der Waals surface area (Å²) in [5.74, 6) is 0.946. The number of guanidine groups is 1. The van der Waals surface area contributed by atoms with E-state index in [1.807, 2.05) is 0 Å². The fourth-order valence-corrected chi connectivity index (χ4v) is 2.65. The Kier molecular flexibility index (Phi) is 9.42. The van der Waals surface area contributed by atoms with Crippen molar-refractivity contribution in [1.82, 2.24) is 15.5 Å². The van der Waals surface area contributed by atoms with Crippen LogP contribution in [0.15, 0.2) is 4.99 Å². The molecule has 0 amide bonds. The second kappa shape index (κ2) is 10.9. The number of nitrogens with one attached hydrogen (secondary N) is 2. The van der Waals surface area contributed by atoms with E-state index in [-0.39, 0.29) is 0 Å². The smallest absolute Gasteiger partial charge is 0.191 e. The normalized spacial score (nSPS) is 22.1. The van der Waals surface area contributed by atoms with Crippen LogP contribution in [-0.4, -0.2) is 62.3 Å². The highest BCUT2D eigenvalue weighted by Gasteiger charge is 2.23. The van der Waals surface area contributed by atoms with Crippen LogP contribution in [0.2, 0.25) is 0 Å². The molecule has 124 valence electrons. The number of ether oxygens (including phenoxy) is 1. The van der Waals surface area contributed by atoms with E-state index in [1.54, 1.807) is 0 Å². The highest BCUT2D eigenvalue weighted by molar-refractivity contribution is 5.79. The molecule has 21 heavy (non-hydrogen) atoms. The molecule has 0 spiro atoms. The fourth-order valence-electron chi connectivity index (χ4n) is 2.65. The third-order valence-corrected chi connectivity index (χ3v) is 3.92. The molecule has 2 atom stereocenters. The maximum absolute atomic E-state index is 5.50. The number of unbranched alkanes of at least 4 members (excludes halogenated alkanes) is 2. The average Bonchev–Trinajstić information content (AvgIpc) is 2.49. The quantitative estimate of drug-likeness (QED) is 0.408. The molecular formula is C16H34N4O. The number of morpholine rings is 1. The molecule has 0 saturated carbocycles. The summed E-state index contributed by atoms with van der Waals surface area (Å²) in [5.41, 5.74) is 0. The van der Waals surface area contributed by atoms with Crippen molar-refractivity contribution in [3.05, 3.63) is 0 Å². The maximum atomic E-state index is 5.50. The van der Waals surface area contributed by atoms with E-state index in [0.717, 1.165) is 45.4 Å². The molecule has 0 radical (unpaired) electrons. The second-order valence-corrected chi connectivity index (χ2v) is 5.86. The van der Waals surface area contributed by atoms with Crippen molar-refractivity contribution in [2.45, 2.75) is 59.0 Å². The molecule has 0 bridgehead atoms. The summed E-state index contributed by atoms with van der Waals surface area (Å²) in [5, 5.41) is 6.75. The Morgan fingerprint density at radius 3 is 2.81 bits per heavy atom. The van der Waals surface area contributed by atoms with Crippen molar-refractivity contribution in [3.63, 3.8) is 0 Å². The van der Waals surface area contributed by atoms with Gasteiger partial charge in [-0.15, -0.1) is 0 Å². The molecule has 1 aliphatic heterocycles. The first kappa shape index (κ1) is 18.2. The van der Waals surface area contributed by atoms with E-state index >= 15 is 0 Å². The van der Waals surface area contributed by atoms with Crippen molar-refractivity contribution in [2.24, 2.45) is 4.99 Å². The van der Waals surface area contributed by atoms with E-state index in [9.17, 15) is 0 Å². The third kappa shape index (κ3) is 7.14. The lowest BCUT2D eigenvalue weighted by Crippen LogP contribution is -2.49. The summed E-state index contributed by atoms with van der Waals surface area (Å²) < 4.78 is 5.50. The van der Waals surface area contributed by atoms with Gasteiger partial charge in [0.2, 0.25) is 0 Å². The zero-order chi connectivity index (χ0) is 15.5. The molecule has 0 aliphatic carbocycles. The lowest BCUT2D eigenvalue weighted by molar-refractivity contribution is -0.0165. The van der Waals surface area contributed by atoms with Crippen LogP contribution in [0.4, 0.5) is 0 Å². The van der Waals surface area contributed by atoms with Crippen molar-refractivity contribution < 1.29 is 4.74 Å². The van der Waals surface area contributed by atoms with E-state index < -0.39 is 0 Å². The summed E-state index contributed by atoms with van der Waals surface area (Å²) in [7, 11) is 0. The Labute approximate surface area is 130 Å². The minimum Gasteiger partial charge on any atom is -0.379 e. The van der Waals surface area contributed by atoms with Crippen molar-refractivity contribution in [2.75, 3.05) is 39.4 Å². The Morgan fingerprint density at radius 1 is 1.33 bits per heavy atom. The third-order valence-electron chi connectivity index (χ3n) is 3.92. The largest absolute Gasteiger partial charge is 0.379 e. The van der Waals surface area contributed by atoms with Crippen LogP contribution in [0.1, 0.15) is 47.0 Å². The van der Waals surface area contributed by atoms with Gasteiger partial charge < -0.3 is 15.4 Å². The molecule has 1 aliphatic rings. The van der Waals surface area contributed by atoms with Crippen LogP contribution in [0, 0.1) is 0 Å². The second-order valence-electron chi connectivity index (χ2n) is 5.86. The first-order valence-corrected chi connectivity index (χ1v) is 8.54. The SMILES string of the molecule is CCCCCNC(=NCC(C)N1CCOCC1C)NCC. The van der Waals surface area contributed by atoms with Gasteiger partial charge in [-0.3, -0.25) is 9.89 Å². The predicted molar refractivity (Wildman–Crippen MR) is 90.0 cm³/mol. The van der Waals surface area contributed by atoms with Gasteiger partial charge >= 0.3 is 0 Å². The molecule has 0 aromatic carbocycles. The van der Waals surface area contributed by atoms with Crippen molar-refractivity contribution >= 4 is 5.96 Å². The summed E-state index contributed by atoms with van der Waals surface area (Å²) in [6.45, 7) is 14.2. The van der Waals surface area contributed by atoms with Gasteiger partial charge in [0.1, 0.15) is 0 Å². The number of hydrogen-bond donors (Lipinski definition) is 2. The van der Waals surface area contributed by atoms with E-state index in [4.69, 9.17) is 9.73 Å². The molecule has 1 saturated heterocycles. The van der Waals surface area contributed by atoms with Gasteiger partial charge in [0.25, 0.3) is 0 Å². The molecule has 0 aromatic rings. The number of rotatable bonds is 8. The highest BCUT2D eigenvalue weighted by atomic mass is 16.5. The summed E-state index contributed by atoms with van der Waals surface area (Å²) >= 11 is 0. The summed E-state index contributed by atoms with van der Waals surface area (Å²) in [4.78, 5) is 7.23. The van der Waals surface area contributed by atoms with E-state index in [2.05, 4.69) is 43.2 Å². The Balaban J connectivity index is 2.40. The van der Waals surface area contributed by atoms with Crippen LogP contribution in [0.25, 0.3) is 0 Å². The molecule has 1 rings (SSSR count). The highest BCUT2D eigenvalue weighted by Crippen LogP contribution is 2.10. The average molecular weight is 298 g/mol. The predicted octanol–water partition coefficient (Wildman–Crippen LogP) is 1.84. The molecule has 2 unspecified atom stereocenters. The van der Waals surface area contributed by atoms with E-state index in [1.165, 1.54) is 19.3 Å². The first-order chi connectivity index (χ1) is 10.2. The lowest BCUT2D eigenvalue weighted by atomic mass is 10.2. The van der Waals surface area contributed by atoms with Crippen molar-refractivity contribution in [1.29, 1.82) is 0 Å². The molecule has 1 fully saturated rings. The molecule has 5 heteroatoms. The lowest BCUT2D eigenvalue weighted by Gasteiger charge is -2.37. The van der Waals surface area contributed by atoms with Gasteiger partial charge in [0.05, 0.1) is 19.8 Å². The van der Waals surface area contributed by atoms with Gasteiger partial charge in [-0.1, -0.05) is 19.8 Å². The van der Waals surface area contributed by atoms with Crippen molar-refractivity contribution in [3.8, 4) is 0 Å². The van der Waals surface area contributed by atoms with Gasteiger partial charge in [-0.25, -0.2) is 0 Å².